The number of aliphatic carboxylic acids is 1. The van der Waals surface area contributed by atoms with Crippen molar-refractivity contribution in [1.29, 1.82) is 0 Å². The number of carboxylic acids is 1. The normalized spacial score (nSPS) is 34.0. The second-order valence-electron chi connectivity index (χ2n) is 4.23. The van der Waals surface area contributed by atoms with Crippen LogP contribution in [0.2, 0.25) is 0 Å². The molecule has 14 heavy (non-hydrogen) atoms. The van der Waals surface area contributed by atoms with Crippen molar-refractivity contribution in [2.24, 2.45) is 11.8 Å². The van der Waals surface area contributed by atoms with Crippen LogP contribution in [0.3, 0.4) is 0 Å². The zero-order valence-electron chi connectivity index (χ0n) is 8.43. The number of sulfone groups is 1. The van der Waals surface area contributed by atoms with E-state index in [9.17, 15) is 13.2 Å². The van der Waals surface area contributed by atoms with E-state index >= 15 is 0 Å². The molecule has 1 rings (SSSR count). The third-order valence-electron chi connectivity index (χ3n) is 2.92. The number of carbonyl (C=O) groups is 1. The van der Waals surface area contributed by atoms with Crippen LogP contribution in [0.15, 0.2) is 0 Å². The molecule has 0 heterocycles. The summed E-state index contributed by atoms with van der Waals surface area (Å²) in [7, 11) is -3.22. The maximum absolute atomic E-state index is 11.3. The Kier molecular flexibility index (Phi) is 3.19. The Hall–Kier alpha value is -0.580. The summed E-state index contributed by atoms with van der Waals surface area (Å²) in [5.41, 5.74) is 0. The van der Waals surface area contributed by atoms with Crippen LogP contribution in [0, 0.1) is 11.8 Å². The molecule has 1 aliphatic carbocycles. The summed E-state index contributed by atoms with van der Waals surface area (Å²) in [5.74, 6) is -1.38. The highest BCUT2D eigenvalue weighted by Crippen LogP contribution is 2.33. The van der Waals surface area contributed by atoms with Crippen molar-refractivity contribution in [3.05, 3.63) is 0 Å². The van der Waals surface area contributed by atoms with Gasteiger partial charge in [0.25, 0.3) is 0 Å². The molecule has 0 saturated heterocycles. The van der Waals surface area contributed by atoms with E-state index in [4.69, 9.17) is 5.11 Å². The molecule has 0 aromatic rings. The Morgan fingerprint density at radius 1 is 1.36 bits per heavy atom. The van der Waals surface area contributed by atoms with Gasteiger partial charge in [0, 0.05) is 6.26 Å². The van der Waals surface area contributed by atoms with E-state index in [2.05, 4.69) is 0 Å². The van der Waals surface area contributed by atoms with Crippen molar-refractivity contribution in [2.45, 2.75) is 31.4 Å². The topological polar surface area (TPSA) is 71.4 Å². The van der Waals surface area contributed by atoms with E-state index in [0.717, 1.165) is 12.7 Å². The van der Waals surface area contributed by atoms with Crippen LogP contribution in [0.4, 0.5) is 0 Å². The summed E-state index contributed by atoms with van der Waals surface area (Å²) in [5, 5.41) is 8.24. The second-order valence-corrected chi connectivity index (χ2v) is 6.50. The summed E-state index contributed by atoms with van der Waals surface area (Å²) >= 11 is 0. The summed E-state index contributed by atoms with van der Waals surface area (Å²) in [6, 6.07) is 0. The van der Waals surface area contributed by atoms with Crippen LogP contribution in [-0.4, -0.2) is 31.0 Å². The molecule has 1 aliphatic rings. The van der Waals surface area contributed by atoms with Gasteiger partial charge in [0.1, 0.15) is 0 Å². The molecule has 1 fully saturated rings. The van der Waals surface area contributed by atoms with Gasteiger partial charge < -0.3 is 5.11 Å². The van der Waals surface area contributed by atoms with Crippen LogP contribution in [0.25, 0.3) is 0 Å². The van der Waals surface area contributed by atoms with Gasteiger partial charge in [-0.05, 0) is 25.2 Å². The lowest BCUT2D eigenvalue weighted by atomic mass is 9.82. The van der Waals surface area contributed by atoms with Gasteiger partial charge in [0.05, 0.1) is 11.2 Å². The fourth-order valence-electron chi connectivity index (χ4n) is 2.13. The van der Waals surface area contributed by atoms with Gasteiger partial charge in [-0.3, -0.25) is 4.79 Å². The highest BCUT2D eigenvalue weighted by Gasteiger charge is 2.39. The molecule has 1 saturated carbocycles. The van der Waals surface area contributed by atoms with Crippen molar-refractivity contribution in [3.8, 4) is 0 Å². The minimum Gasteiger partial charge on any atom is -0.481 e. The van der Waals surface area contributed by atoms with Gasteiger partial charge in [-0.25, -0.2) is 8.42 Å². The van der Waals surface area contributed by atoms with Gasteiger partial charge in [-0.1, -0.05) is 6.92 Å². The molecule has 0 aromatic heterocycles. The molecule has 82 valence electrons. The zero-order valence-corrected chi connectivity index (χ0v) is 9.25. The van der Waals surface area contributed by atoms with E-state index in [1.165, 1.54) is 0 Å². The lowest BCUT2D eigenvalue weighted by molar-refractivity contribution is -0.143. The lowest BCUT2D eigenvalue weighted by Crippen LogP contribution is -2.39. The highest BCUT2D eigenvalue weighted by atomic mass is 32.2. The Bertz CT molecular complexity index is 320. The van der Waals surface area contributed by atoms with Gasteiger partial charge in [0.2, 0.25) is 0 Å². The first kappa shape index (κ1) is 11.5. The van der Waals surface area contributed by atoms with Crippen LogP contribution >= 0.6 is 0 Å². The maximum atomic E-state index is 11.3. The maximum Gasteiger partial charge on any atom is 0.307 e. The monoisotopic (exact) mass is 220 g/mol. The average Bonchev–Trinajstić information content (AvgIpc) is 2.01. The Balaban J connectivity index is 2.89. The van der Waals surface area contributed by atoms with E-state index in [1.807, 2.05) is 6.92 Å². The molecule has 3 unspecified atom stereocenters. The van der Waals surface area contributed by atoms with E-state index in [-0.39, 0.29) is 0 Å². The number of carboxylic acid groups (broad SMARTS) is 1. The van der Waals surface area contributed by atoms with Gasteiger partial charge in [-0.2, -0.15) is 0 Å². The SMILES string of the molecule is CC1CCC(S(C)(=O)=O)C(C(=O)O)C1. The van der Waals surface area contributed by atoms with E-state index < -0.39 is 27.0 Å². The molecule has 4 nitrogen and oxygen atoms in total. The van der Waals surface area contributed by atoms with Gasteiger partial charge >= 0.3 is 5.97 Å². The van der Waals surface area contributed by atoms with Gasteiger partial charge in [-0.15, -0.1) is 0 Å². The van der Waals surface area contributed by atoms with Crippen molar-refractivity contribution < 1.29 is 18.3 Å². The molecule has 0 amide bonds. The van der Waals surface area contributed by atoms with E-state index in [0.29, 0.717) is 18.8 Å². The molecule has 0 aromatic carbocycles. The first-order valence-corrected chi connectivity index (χ1v) is 6.69. The summed E-state index contributed by atoms with van der Waals surface area (Å²) < 4.78 is 22.7. The Morgan fingerprint density at radius 2 is 1.93 bits per heavy atom. The van der Waals surface area contributed by atoms with Crippen molar-refractivity contribution >= 4 is 15.8 Å². The average molecular weight is 220 g/mol. The van der Waals surface area contributed by atoms with Crippen LogP contribution in [-0.2, 0) is 14.6 Å². The predicted molar refractivity (Wildman–Crippen MR) is 52.8 cm³/mol. The first-order valence-electron chi connectivity index (χ1n) is 4.74. The van der Waals surface area contributed by atoms with Crippen molar-refractivity contribution in [1.82, 2.24) is 0 Å². The summed E-state index contributed by atoms with van der Waals surface area (Å²) in [6.07, 6.45) is 2.90. The van der Waals surface area contributed by atoms with Gasteiger partial charge in [0.15, 0.2) is 9.84 Å². The second kappa shape index (κ2) is 3.88. The number of hydrogen-bond donors (Lipinski definition) is 1. The third-order valence-corrected chi connectivity index (χ3v) is 4.58. The Labute approximate surface area is 84.2 Å². The summed E-state index contributed by atoms with van der Waals surface area (Å²) in [4.78, 5) is 10.9. The molecule has 5 heteroatoms. The number of rotatable bonds is 2. The first-order chi connectivity index (χ1) is 6.32. The third kappa shape index (κ3) is 2.47. The lowest BCUT2D eigenvalue weighted by Gasteiger charge is -2.30. The molecule has 0 spiro atoms. The zero-order chi connectivity index (χ0) is 10.9. The molecular formula is C9H16O4S. The summed E-state index contributed by atoms with van der Waals surface area (Å²) in [6.45, 7) is 1.97. The minimum absolute atomic E-state index is 0.314. The number of hydrogen-bond acceptors (Lipinski definition) is 3. The quantitative estimate of drug-likeness (QED) is 0.751. The molecule has 0 aliphatic heterocycles. The molecule has 3 atom stereocenters. The molecule has 0 bridgehead atoms. The van der Waals surface area contributed by atoms with Crippen LogP contribution in [0.1, 0.15) is 26.2 Å². The van der Waals surface area contributed by atoms with Crippen LogP contribution in [0.5, 0.6) is 0 Å². The minimum atomic E-state index is -3.22. The largest absolute Gasteiger partial charge is 0.481 e. The van der Waals surface area contributed by atoms with Crippen LogP contribution < -0.4 is 0 Å². The Morgan fingerprint density at radius 3 is 2.36 bits per heavy atom. The predicted octanol–water partition coefficient (Wildman–Crippen LogP) is 0.920. The highest BCUT2D eigenvalue weighted by molar-refractivity contribution is 7.91. The smallest absolute Gasteiger partial charge is 0.307 e. The fraction of sp³-hybridized carbons (Fsp3) is 0.889. The standard InChI is InChI=1S/C9H16O4S/c1-6-3-4-8(14(2,12)13)7(5-6)9(10)11/h6-8H,3-5H2,1-2H3,(H,10,11). The van der Waals surface area contributed by atoms with E-state index in [1.54, 1.807) is 0 Å². The van der Waals surface area contributed by atoms with Crippen molar-refractivity contribution in [3.63, 3.8) is 0 Å². The molecule has 1 N–H and O–H groups in total. The molecular weight excluding hydrogens is 204 g/mol. The fourth-order valence-corrected chi connectivity index (χ4v) is 3.51. The molecule has 0 radical (unpaired) electrons. The van der Waals surface area contributed by atoms with Crippen molar-refractivity contribution in [2.75, 3.05) is 6.26 Å².